The van der Waals surface area contributed by atoms with Gasteiger partial charge in [0.2, 0.25) is 0 Å². The van der Waals surface area contributed by atoms with Crippen molar-refractivity contribution in [1.82, 2.24) is 9.55 Å². The Balaban J connectivity index is 1.65. The predicted octanol–water partition coefficient (Wildman–Crippen LogP) is 4.31. The van der Waals surface area contributed by atoms with Gasteiger partial charge in [-0.05, 0) is 38.2 Å². The minimum absolute atomic E-state index is 0.0121. The molecule has 0 unspecified atom stereocenters. The third kappa shape index (κ3) is 3.67. The highest BCUT2D eigenvalue weighted by Crippen LogP contribution is 2.35. The largest absolute Gasteiger partial charge is 0.461 e. The molecule has 0 aliphatic heterocycles. The number of hydrogen-bond donors (Lipinski definition) is 0. The molecule has 0 radical (unpaired) electrons. The molecule has 1 fully saturated rings. The zero-order valence-electron chi connectivity index (χ0n) is 15.3. The summed E-state index contributed by atoms with van der Waals surface area (Å²) >= 11 is 1.50. The molecular formula is C21H22N2O3S. The van der Waals surface area contributed by atoms with Crippen molar-refractivity contribution >= 4 is 27.5 Å². The Labute approximate surface area is 161 Å². The molecule has 0 spiro atoms. The minimum atomic E-state index is -0.363. The first-order chi connectivity index (χ1) is 13.1. The van der Waals surface area contributed by atoms with Crippen LogP contribution in [0.5, 0.6) is 0 Å². The number of carbonyl (C=O) groups is 1. The summed E-state index contributed by atoms with van der Waals surface area (Å²) in [6.07, 6.45) is 6.67. The highest BCUT2D eigenvalue weighted by molar-refractivity contribution is 7.19. The number of nitrogens with zero attached hydrogens (tertiary/aromatic N) is 2. The molecule has 1 saturated carbocycles. The smallest absolute Gasteiger partial charge is 0.326 e. The van der Waals surface area contributed by atoms with E-state index in [2.05, 4.69) is 4.98 Å². The van der Waals surface area contributed by atoms with Crippen LogP contribution in [0.1, 0.15) is 37.0 Å². The van der Waals surface area contributed by atoms with Crippen molar-refractivity contribution in [3.05, 3.63) is 51.9 Å². The van der Waals surface area contributed by atoms with Gasteiger partial charge in [-0.15, -0.1) is 11.3 Å². The summed E-state index contributed by atoms with van der Waals surface area (Å²) in [4.78, 5) is 31.6. The molecule has 5 nitrogen and oxygen atoms in total. The lowest BCUT2D eigenvalue weighted by atomic mass is 9.98. The van der Waals surface area contributed by atoms with Crippen LogP contribution in [0, 0.1) is 6.92 Å². The maximum Gasteiger partial charge on any atom is 0.326 e. The van der Waals surface area contributed by atoms with E-state index in [-0.39, 0.29) is 24.2 Å². The third-order valence-electron chi connectivity index (χ3n) is 5.07. The van der Waals surface area contributed by atoms with Crippen molar-refractivity contribution in [3.8, 4) is 11.1 Å². The van der Waals surface area contributed by atoms with Crippen LogP contribution in [-0.4, -0.2) is 21.6 Å². The van der Waals surface area contributed by atoms with Gasteiger partial charge in [-0.25, -0.2) is 4.98 Å². The summed E-state index contributed by atoms with van der Waals surface area (Å²) in [5.41, 5.74) is 1.70. The van der Waals surface area contributed by atoms with Crippen molar-refractivity contribution in [1.29, 1.82) is 0 Å². The molecule has 1 aromatic carbocycles. The number of benzene rings is 1. The third-order valence-corrected chi connectivity index (χ3v) is 6.08. The second kappa shape index (κ2) is 7.64. The van der Waals surface area contributed by atoms with Crippen molar-refractivity contribution < 1.29 is 9.53 Å². The van der Waals surface area contributed by atoms with Gasteiger partial charge in [0.25, 0.3) is 5.56 Å². The van der Waals surface area contributed by atoms with Gasteiger partial charge in [0, 0.05) is 10.4 Å². The first-order valence-corrected chi connectivity index (χ1v) is 10.2. The van der Waals surface area contributed by atoms with Crippen molar-refractivity contribution in [3.63, 3.8) is 0 Å². The zero-order chi connectivity index (χ0) is 18.8. The molecule has 0 bridgehead atoms. The Bertz CT molecular complexity index is 1020. The minimum Gasteiger partial charge on any atom is -0.461 e. The number of hydrogen-bond acceptors (Lipinski definition) is 5. The van der Waals surface area contributed by atoms with Crippen LogP contribution in [0.15, 0.2) is 41.5 Å². The SMILES string of the molecule is Cc1sc2ncn(CC(=O)OC3CCCCC3)c(=O)c2c1-c1ccccc1. The van der Waals surface area contributed by atoms with Gasteiger partial charge in [0.05, 0.1) is 11.7 Å². The molecule has 0 atom stereocenters. The van der Waals surface area contributed by atoms with Gasteiger partial charge in [-0.1, -0.05) is 36.8 Å². The van der Waals surface area contributed by atoms with E-state index in [9.17, 15) is 9.59 Å². The van der Waals surface area contributed by atoms with Crippen LogP contribution < -0.4 is 5.56 Å². The number of aromatic nitrogens is 2. The Morgan fingerprint density at radius 2 is 1.96 bits per heavy atom. The van der Waals surface area contributed by atoms with Gasteiger partial charge >= 0.3 is 5.97 Å². The Morgan fingerprint density at radius 1 is 1.22 bits per heavy atom. The van der Waals surface area contributed by atoms with E-state index in [0.717, 1.165) is 41.7 Å². The van der Waals surface area contributed by atoms with E-state index in [1.807, 2.05) is 37.3 Å². The summed E-state index contributed by atoms with van der Waals surface area (Å²) in [5.74, 6) is -0.363. The van der Waals surface area contributed by atoms with Gasteiger partial charge < -0.3 is 4.74 Å². The molecule has 27 heavy (non-hydrogen) atoms. The Hall–Kier alpha value is -2.47. The van der Waals surface area contributed by atoms with E-state index >= 15 is 0 Å². The van der Waals surface area contributed by atoms with E-state index < -0.39 is 0 Å². The van der Waals surface area contributed by atoms with E-state index in [1.165, 1.54) is 28.7 Å². The second-order valence-corrected chi connectivity index (χ2v) is 8.21. The van der Waals surface area contributed by atoms with Gasteiger partial charge in [-0.3, -0.25) is 14.2 Å². The summed E-state index contributed by atoms with van der Waals surface area (Å²) in [7, 11) is 0. The fourth-order valence-corrected chi connectivity index (χ4v) is 4.75. The first kappa shape index (κ1) is 17.9. The molecule has 3 aromatic rings. The highest BCUT2D eigenvalue weighted by Gasteiger charge is 2.20. The number of esters is 1. The van der Waals surface area contributed by atoms with Crippen LogP contribution in [0.3, 0.4) is 0 Å². The predicted molar refractivity (Wildman–Crippen MR) is 107 cm³/mol. The monoisotopic (exact) mass is 382 g/mol. The standard InChI is InChI=1S/C21H22N2O3S/c1-14-18(15-8-4-2-5-9-15)19-20(27-14)22-13-23(21(19)25)12-17(24)26-16-10-6-3-7-11-16/h2,4-5,8-9,13,16H,3,6-7,10-12H2,1H3. The molecule has 4 rings (SSSR count). The lowest BCUT2D eigenvalue weighted by Gasteiger charge is -2.21. The molecular weight excluding hydrogens is 360 g/mol. The lowest BCUT2D eigenvalue weighted by Crippen LogP contribution is -2.28. The van der Waals surface area contributed by atoms with Crippen molar-refractivity contribution in [2.24, 2.45) is 0 Å². The van der Waals surface area contributed by atoms with Gasteiger partial charge in [0.1, 0.15) is 17.5 Å². The number of carbonyl (C=O) groups excluding carboxylic acids is 1. The lowest BCUT2D eigenvalue weighted by molar-refractivity contribution is -0.151. The normalized spacial score (nSPS) is 15.1. The fourth-order valence-electron chi connectivity index (χ4n) is 3.75. The Kier molecular flexibility index (Phi) is 5.07. The molecule has 0 saturated heterocycles. The van der Waals surface area contributed by atoms with Crippen LogP contribution in [-0.2, 0) is 16.1 Å². The van der Waals surface area contributed by atoms with Crippen molar-refractivity contribution in [2.45, 2.75) is 51.7 Å². The highest BCUT2D eigenvalue weighted by atomic mass is 32.1. The number of ether oxygens (including phenoxy) is 1. The molecule has 140 valence electrons. The number of rotatable bonds is 4. The summed E-state index contributed by atoms with van der Waals surface area (Å²) < 4.78 is 6.93. The summed E-state index contributed by atoms with van der Waals surface area (Å²) in [5, 5.41) is 0.580. The molecule has 2 aromatic heterocycles. The number of fused-ring (bicyclic) bond motifs is 1. The molecule has 1 aliphatic carbocycles. The van der Waals surface area contributed by atoms with E-state index in [0.29, 0.717) is 10.2 Å². The molecule has 0 amide bonds. The Morgan fingerprint density at radius 3 is 2.70 bits per heavy atom. The number of aryl methyl sites for hydroxylation is 1. The molecule has 2 heterocycles. The maximum atomic E-state index is 13.1. The average molecular weight is 382 g/mol. The second-order valence-electron chi connectivity index (χ2n) is 7.01. The van der Waals surface area contributed by atoms with Crippen molar-refractivity contribution in [2.75, 3.05) is 0 Å². The van der Waals surface area contributed by atoms with Crippen LogP contribution in [0.4, 0.5) is 0 Å². The molecule has 6 heteroatoms. The van der Waals surface area contributed by atoms with Crippen LogP contribution in [0.25, 0.3) is 21.3 Å². The van der Waals surface area contributed by atoms with Gasteiger partial charge in [0.15, 0.2) is 0 Å². The summed E-state index contributed by atoms with van der Waals surface area (Å²) in [6, 6.07) is 9.83. The van der Waals surface area contributed by atoms with E-state index in [4.69, 9.17) is 4.74 Å². The number of thiophene rings is 1. The average Bonchev–Trinajstić information content (AvgIpc) is 3.02. The van der Waals surface area contributed by atoms with Gasteiger partial charge in [-0.2, -0.15) is 0 Å². The topological polar surface area (TPSA) is 61.2 Å². The summed E-state index contributed by atoms with van der Waals surface area (Å²) in [6.45, 7) is 1.90. The first-order valence-electron chi connectivity index (χ1n) is 9.37. The van der Waals surface area contributed by atoms with E-state index in [1.54, 1.807) is 0 Å². The quantitative estimate of drug-likeness (QED) is 0.631. The fraction of sp³-hybridized carbons (Fsp3) is 0.381. The molecule has 0 N–H and O–H groups in total. The molecule has 1 aliphatic rings. The maximum absolute atomic E-state index is 13.1. The zero-order valence-corrected chi connectivity index (χ0v) is 16.1. The van der Waals surface area contributed by atoms with Crippen LogP contribution >= 0.6 is 11.3 Å². The van der Waals surface area contributed by atoms with Crippen LogP contribution in [0.2, 0.25) is 0 Å².